The van der Waals surface area contributed by atoms with Gasteiger partial charge in [0.15, 0.2) is 0 Å². The van der Waals surface area contributed by atoms with Crippen LogP contribution in [0.3, 0.4) is 0 Å². The molecule has 0 unspecified atom stereocenters. The highest BCUT2D eigenvalue weighted by molar-refractivity contribution is 7.09. The van der Waals surface area contributed by atoms with E-state index in [1.807, 2.05) is 4.90 Å². The third-order valence-electron chi connectivity index (χ3n) is 3.47. The molecule has 2 amide bonds. The third kappa shape index (κ3) is 4.35. The van der Waals surface area contributed by atoms with Gasteiger partial charge in [0.05, 0.1) is 0 Å². The van der Waals surface area contributed by atoms with Crippen LogP contribution in [0, 0.1) is 0 Å². The van der Waals surface area contributed by atoms with Crippen molar-refractivity contribution in [3.63, 3.8) is 0 Å². The van der Waals surface area contributed by atoms with Crippen LogP contribution in [0.2, 0.25) is 0 Å². The lowest BCUT2D eigenvalue weighted by Gasteiger charge is -2.34. The van der Waals surface area contributed by atoms with Gasteiger partial charge in [-0.15, -0.1) is 17.9 Å². The van der Waals surface area contributed by atoms with Crippen molar-refractivity contribution in [1.29, 1.82) is 0 Å². The third-order valence-corrected chi connectivity index (χ3v) is 4.41. The Kier molecular flexibility index (Phi) is 6.08. The van der Waals surface area contributed by atoms with E-state index in [1.165, 1.54) is 4.88 Å². The fourth-order valence-electron chi connectivity index (χ4n) is 2.39. The van der Waals surface area contributed by atoms with E-state index in [9.17, 15) is 4.79 Å². The summed E-state index contributed by atoms with van der Waals surface area (Å²) in [7, 11) is 0. The number of rotatable bonds is 6. The van der Waals surface area contributed by atoms with E-state index in [0.717, 1.165) is 39.0 Å². The van der Waals surface area contributed by atoms with Crippen LogP contribution in [-0.4, -0.2) is 43.3 Å². The number of thiophene rings is 1. The van der Waals surface area contributed by atoms with Gasteiger partial charge in [0.25, 0.3) is 0 Å². The second kappa shape index (κ2) is 8.07. The summed E-state index contributed by atoms with van der Waals surface area (Å²) >= 11 is 1.74. The number of hydrogen-bond acceptors (Lipinski definition) is 3. The monoisotopic (exact) mass is 294 g/mol. The SMILES string of the molecule is C=CCNC(=O)N(CCc1cccs1)C1CCOCC1. The fourth-order valence-corrected chi connectivity index (χ4v) is 3.09. The molecule has 110 valence electrons. The summed E-state index contributed by atoms with van der Waals surface area (Å²) in [5.74, 6) is 0. The molecule has 1 fully saturated rings. The van der Waals surface area contributed by atoms with Crippen LogP contribution in [0.5, 0.6) is 0 Å². The van der Waals surface area contributed by atoms with E-state index < -0.39 is 0 Å². The zero-order valence-corrected chi connectivity index (χ0v) is 12.5. The van der Waals surface area contributed by atoms with Crippen LogP contribution in [0.4, 0.5) is 4.79 Å². The Morgan fingerprint density at radius 2 is 2.35 bits per heavy atom. The lowest BCUT2D eigenvalue weighted by Crippen LogP contribution is -2.49. The van der Waals surface area contributed by atoms with Crippen LogP contribution in [0.1, 0.15) is 17.7 Å². The number of nitrogens with zero attached hydrogens (tertiary/aromatic N) is 1. The first-order valence-corrected chi connectivity index (χ1v) is 7.94. The van der Waals surface area contributed by atoms with Gasteiger partial charge >= 0.3 is 6.03 Å². The molecule has 20 heavy (non-hydrogen) atoms. The fraction of sp³-hybridized carbons (Fsp3) is 0.533. The second-order valence-corrected chi connectivity index (χ2v) is 5.87. The number of nitrogens with one attached hydrogen (secondary N) is 1. The first kappa shape index (κ1) is 15.1. The van der Waals surface area contributed by atoms with Gasteiger partial charge in [-0.1, -0.05) is 12.1 Å². The van der Waals surface area contributed by atoms with Gasteiger partial charge in [-0.05, 0) is 30.7 Å². The number of urea groups is 1. The molecule has 0 radical (unpaired) electrons. The first-order chi connectivity index (χ1) is 9.81. The smallest absolute Gasteiger partial charge is 0.317 e. The Bertz CT molecular complexity index is 414. The molecule has 5 heteroatoms. The Hall–Kier alpha value is -1.33. The number of carbonyl (C=O) groups excluding carboxylic acids is 1. The molecule has 0 aromatic carbocycles. The van der Waals surface area contributed by atoms with E-state index in [4.69, 9.17) is 4.74 Å². The molecule has 0 saturated carbocycles. The highest BCUT2D eigenvalue weighted by Crippen LogP contribution is 2.17. The highest BCUT2D eigenvalue weighted by atomic mass is 32.1. The maximum Gasteiger partial charge on any atom is 0.317 e. The number of ether oxygens (including phenoxy) is 1. The lowest BCUT2D eigenvalue weighted by molar-refractivity contribution is 0.0463. The molecule has 1 aromatic rings. The van der Waals surface area contributed by atoms with Crippen molar-refractivity contribution in [2.45, 2.75) is 25.3 Å². The maximum atomic E-state index is 12.3. The topological polar surface area (TPSA) is 41.6 Å². The van der Waals surface area contributed by atoms with Crippen molar-refractivity contribution in [2.24, 2.45) is 0 Å². The van der Waals surface area contributed by atoms with Crippen molar-refractivity contribution >= 4 is 17.4 Å². The minimum Gasteiger partial charge on any atom is -0.381 e. The molecule has 0 spiro atoms. The zero-order valence-electron chi connectivity index (χ0n) is 11.7. The summed E-state index contributed by atoms with van der Waals surface area (Å²) in [5, 5.41) is 4.97. The lowest BCUT2D eigenvalue weighted by atomic mass is 10.1. The standard InChI is InChI=1S/C15H22N2O2S/c1-2-8-16-15(18)17(13-6-10-19-11-7-13)9-5-14-4-3-12-20-14/h2-4,12-13H,1,5-11H2,(H,16,18). The molecule has 1 aliphatic rings. The van der Waals surface area contributed by atoms with Crippen molar-refractivity contribution in [1.82, 2.24) is 10.2 Å². The molecule has 0 bridgehead atoms. The maximum absolute atomic E-state index is 12.3. The summed E-state index contributed by atoms with van der Waals surface area (Å²) in [4.78, 5) is 15.6. The summed E-state index contributed by atoms with van der Waals surface area (Å²) in [6.45, 7) is 6.40. The van der Waals surface area contributed by atoms with Crippen LogP contribution < -0.4 is 5.32 Å². The van der Waals surface area contributed by atoms with Gasteiger partial charge in [-0.3, -0.25) is 0 Å². The molecular weight excluding hydrogens is 272 g/mol. The molecular formula is C15H22N2O2S. The molecule has 1 N–H and O–H groups in total. The average Bonchev–Trinajstić information content (AvgIpc) is 3.00. The van der Waals surface area contributed by atoms with E-state index in [1.54, 1.807) is 17.4 Å². The summed E-state index contributed by atoms with van der Waals surface area (Å²) in [5.41, 5.74) is 0. The van der Waals surface area contributed by atoms with Crippen molar-refractivity contribution in [3.05, 3.63) is 35.0 Å². The molecule has 0 atom stereocenters. The molecule has 1 aliphatic heterocycles. The Balaban J connectivity index is 1.94. The first-order valence-electron chi connectivity index (χ1n) is 7.06. The van der Waals surface area contributed by atoms with Gasteiger partial charge in [-0.25, -0.2) is 4.79 Å². The van der Waals surface area contributed by atoms with Gasteiger partial charge in [0.2, 0.25) is 0 Å². The second-order valence-electron chi connectivity index (χ2n) is 4.84. The number of amides is 2. The number of hydrogen-bond donors (Lipinski definition) is 1. The summed E-state index contributed by atoms with van der Waals surface area (Å²) < 4.78 is 5.39. The molecule has 1 saturated heterocycles. The summed E-state index contributed by atoms with van der Waals surface area (Å²) in [6, 6.07) is 4.47. The van der Waals surface area contributed by atoms with Crippen molar-refractivity contribution < 1.29 is 9.53 Å². The zero-order chi connectivity index (χ0) is 14.2. The molecule has 2 rings (SSSR count). The molecule has 4 nitrogen and oxygen atoms in total. The van der Waals surface area contributed by atoms with Crippen molar-refractivity contribution in [3.8, 4) is 0 Å². The van der Waals surface area contributed by atoms with E-state index in [-0.39, 0.29) is 12.1 Å². The van der Waals surface area contributed by atoms with Gasteiger partial charge in [0, 0.05) is 37.2 Å². The Labute approximate surface area is 124 Å². The minimum atomic E-state index is 0.00774. The van der Waals surface area contributed by atoms with Crippen LogP contribution in [0.25, 0.3) is 0 Å². The van der Waals surface area contributed by atoms with Gasteiger partial charge in [0.1, 0.15) is 0 Å². The molecule has 2 heterocycles. The number of carbonyl (C=O) groups is 1. The molecule has 1 aromatic heterocycles. The molecule has 0 aliphatic carbocycles. The van der Waals surface area contributed by atoms with Gasteiger partial charge < -0.3 is 15.0 Å². The Morgan fingerprint density at radius 3 is 3.00 bits per heavy atom. The Morgan fingerprint density at radius 1 is 1.55 bits per heavy atom. The van der Waals surface area contributed by atoms with E-state index in [2.05, 4.69) is 29.4 Å². The van der Waals surface area contributed by atoms with E-state index >= 15 is 0 Å². The predicted octanol–water partition coefficient (Wildman–Crippen LogP) is 2.67. The van der Waals surface area contributed by atoms with Crippen LogP contribution in [-0.2, 0) is 11.2 Å². The average molecular weight is 294 g/mol. The van der Waals surface area contributed by atoms with Crippen LogP contribution in [0.15, 0.2) is 30.2 Å². The van der Waals surface area contributed by atoms with Gasteiger partial charge in [-0.2, -0.15) is 0 Å². The minimum absolute atomic E-state index is 0.00774. The van der Waals surface area contributed by atoms with Crippen molar-refractivity contribution in [2.75, 3.05) is 26.3 Å². The normalized spacial score (nSPS) is 15.8. The van der Waals surface area contributed by atoms with E-state index in [0.29, 0.717) is 6.54 Å². The summed E-state index contributed by atoms with van der Waals surface area (Å²) in [6.07, 6.45) is 4.47. The quantitative estimate of drug-likeness (QED) is 0.820. The predicted molar refractivity (Wildman–Crippen MR) is 82.2 cm³/mol. The largest absolute Gasteiger partial charge is 0.381 e. The highest BCUT2D eigenvalue weighted by Gasteiger charge is 2.25. The van der Waals surface area contributed by atoms with Crippen LogP contribution >= 0.6 is 11.3 Å².